The van der Waals surface area contributed by atoms with Crippen molar-refractivity contribution in [3.8, 4) is 0 Å². The van der Waals surface area contributed by atoms with Gasteiger partial charge in [0.2, 0.25) is 0 Å². The van der Waals surface area contributed by atoms with Gasteiger partial charge in [0.25, 0.3) is 0 Å². The molecule has 1 atom stereocenters. The summed E-state index contributed by atoms with van der Waals surface area (Å²) in [5, 5.41) is 0. The molecule has 0 saturated carbocycles. The largest absolute Gasteiger partial charge is 0.452 e. The van der Waals surface area contributed by atoms with Crippen molar-refractivity contribution in [1.82, 2.24) is 9.44 Å². The van der Waals surface area contributed by atoms with E-state index in [1.807, 2.05) is 6.92 Å². The molecular formula is C6H13BrN2O4S. The summed E-state index contributed by atoms with van der Waals surface area (Å²) in [5.41, 5.74) is 0. The van der Waals surface area contributed by atoms with Gasteiger partial charge >= 0.3 is 16.3 Å². The van der Waals surface area contributed by atoms with Crippen LogP contribution in [0.15, 0.2) is 0 Å². The minimum absolute atomic E-state index is 0.211. The van der Waals surface area contributed by atoms with Gasteiger partial charge in [-0.25, -0.2) is 9.52 Å². The molecule has 0 bridgehead atoms. The van der Waals surface area contributed by atoms with E-state index in [0.29, 0.717) is 6.42 Å². The second kappa shape index (κ2) is 6.20. The fraction of sp³-hybridized carbons (Fsp3) is 0.833. The highest BCUT2D eigenvalue weighted by Gasteiger charge is 2.13. The Hall–Kier alpha value is -0.340. The van der Waals surface area contributed by atoms with Gasteiger partial charge in [0, 0.05) is 11.4 Å². The summed E-state index contributed by atoms with van der Waals surface area (Å²) in [7, 11) is -2.70. The second-order valence-corrected chi connectivity index (χ2v) is 5.62. The predicted molar refractivity (Wildman–Crippen MR) is 55.5 cm³/mol. The zero-order chi connectivity index (χ0) is 11.2. The van der Waals surface area contributed by atoms with E-state index in [-0.39, 0.29) is 11.4 Å². The molecule has 6 nitrogen and oxygen atoms in total. The van der Waals surface area contributed by atoms with E-state index in [0.717, 1.165) is 7.11 Å². The Kier molecular flexibility index (Phi) is 6.05. The van der Waals surface area contributed by atoms with E-state index in [1.165, 1.54) is 0 Å². The van der Waals surface area contributed by atoms with E-state index in [2.05, 4.69) is 25.4 Å². The van der Waals surface area contributed by atoms with Crippen LogP contribution in [0.4, 0.5) is 4.79 Å². The van der Waals surface area contributed by atoms with Gasteiger partial charge in [0.1, 0.15) is 0 Å². The van der Waals surface area contributed by atoms with Crippen molar-refractivity contribution >= 4 is 32.2 Å². The third kappa shape index (κ3) is 7.10. The van der Waals surface area contributed by atoms with Gasteiger partial charge in [-0.3, -0.25) is 0 Å². The molecule has 0 fully saturated rings. The summed E-state index contributed by atoms with van der Waals surface area (Å²) < 4.78 is 30.1. The summed E-state index contributed by atoms with van der Waals surface area (Å²) in [5.74, 6) is 0. The number of ether oxygens (including phenoxy) is 1. The summed E-state index contributed by atoms with van der Waals surface area (Å²) in [6.45, 7) is 2.14. The first-order valence-electron chi connectivity index (χ1n) is 3.87. The van der Waals surface area contributed by atoms with Gasteiger partial charge in [-0.2, -0.15) is 13.1 Å². The Morgan fingerprint density at radius 3 is 2.57 bits per heavy atom. The number of carbonyl (C=O) groups excluding carboxylic acids is 1. The standard InChI is InChI=1S/C6H13BrN2O4S/c1-5(7)3-4-8-14(11,12)9-6(10)13-2/h5,8H,3-4H2,1-2H3,(H,9,10). The highest BCUT2D eigenvalue weighted by molar-refractivity contribution is 9.09. The molecule has 84 valence electrons. The number of hydrogen-bond donors (Lipinski definition) is 2. The monoisotopic (exact) mass is 288 g/mol. The minimum Gasteiger partial charge on any atom is -0.452 e. The fourth-order valence-electron chi connectivity index (χ4n) is 0.580. The average molecular weight is 289 g/mol. The molecule has 14 heavy (non-hydrogen) atoms. The predicted octanol–water partition coefficient (Wildman–Crippen LogP) is 0.350. The Labute approximate surface area is 91.7 Å². The first-order chi connectivity index (χ1) is 6.37. The number of rotatable bonds is 5. The van der Waals surface area contributed by atoms with Crippen LogP contribution in [0, 0.1) is 0 Å². The molecular weight excluding hydrogens is 276 g/mol. The number of methoxy groups -OCH3 is 1. The van der Waals surface area contributed by atoms with Crippen LogP contribution < -0.4 is 9.44 Å². The van der Waals surface area contributed by atoms with Crippen molar-refractivity contribution < 1.29 is 17.9 Å². The molecule has 0 radical (unpaired) electrons. The number of amides is 1. The first kappa shape index (κ1) is 13.7. The van der Waals surface area contributed by atoms with E-state index in [1.54, 1.807) is 4.72 Å². The molecule has 2 N–H and O–H groups in total. The molecule has 0 aromatic heterocycles. The average Bonchev–Trinajstić information content (AvgIpc) is 2.02. The lowest BCUT2D eigenvalue weighted by Crippen LogP contribution is -2.40. The molecule has 8 heteroatoms. The summed E-state index contributed by atoms with van der Waals surface area (Å²) in [4.78, 5) is 10.8. The Balaban J connectivity index is 3.91. The SMILES string of the molecule is COC(=O)NS(=O)(=O)NCCC(C)Br. The van der Waals surface area contributed by atoms with E-state index < -0.39 is 16.3 Å². The molecule has 0 aliphatic carbocycles. The van der Waals surface area contributed by atoms with Crippen molar-refractivity contribution in [2.24, 2.45) is 0 Å². The molecule has 0 saturated heterocycles. The molecule has 1 unspecified atom stereocenters. The molecule has 0 rings (SSSR count). The van der Waals surface area contributed by atoms with Crippen LogP contribution in [0.2, 0.25) is 0 Å². The zero-order valence-corrected chi connectivity index (χ0v) is 10.3. The number of alkyl halides is 1. The normalized spacial score (nSPS) is 13.4. The maximum Gasteiger partial charge on any atom is 0.421 e. The van der Waals surface area contributed by atoms with Crippen LogP contribution in [0.3, 0.4) is 0 Å². The van der Waals surface area contributed by atoms with Crippen molar-refractivity contribution in [1.29, 1.82) is 0 Å². The fourth-order valence-corrected chi connectivity index (χ4v) is 1.57. The highest BCUT2D eigenvalue weighted by atomic mass is 79.9. The Bertz CT molecular complexity index is 278. The molecule has 0 aliphatic rings. The third-order valence-corrected chi connectivity index (χ3v) is 2.71. The Morgan fingerprint density at radius 1 is 1.57 bits per heavy atom. The number of hydrogen-bond acceptors (Lipinski definition) is 4. The maximum atomic E-state index is 11.0. The first-order valence-corrected chi connectivity index (χ1v) is 6.26. The third-order valence-electron chi connectivity index (χ3n) is 1.24. The van der Waals surface area contributed by atoms with Crippen LogP contribution in [-0.4, -0.2) is 33.0 Å². The van der Waals surface area contributed by atoms with Crippen molar-refractivity contribution in [3.63, 3.8) is 0 Å². The summed E-state index contributed by atoms with van der Waals surface area (Å²) in [6, 6.07) is 0. The minimum atomic E-state index is -3.78. The molecule has 0 heterocycles. The molecule has 0 aromatic carbocycles. The van der Waals surface area contributed by atoms with E-state index in [4.69, 9.17) is 0 Å². The number of halogens is 1. The van der Waals surface area contributed by atoms with E-state index >= 15 is 0 Å². The number of nitrogens with one attached hydrogen (secondary N) is 2. The Morgan fingerprint density at radius 2 is 2.14 bits per heavy atom. The van der Waals surface area contributed by atoms with E-state index in [9.17, 15) is 13.2 Å². The van der Waals surface area contributed by atoms with Crippen molar-refractivity contribution in [2.75, 3.05) is 13.7 Å². The van der Waals surface area contributed by atoms with Crippen LogP contribution in [-0.2, 0) is 14.9 Å². The van der Waals surface area contributed by atoms with Crippen LogP contribution in [0.5, 0.6) is 0 Å². The molecule has 0 spiro atoms. The lowest BCUT2D eigenvalue weighted by molar-refractivity contribution is 0.177. The highest BCUT2D eigenvalue weighted by Crippen LogP contribution is 2.01. The molecule has 0 aliphatic heterocycles. The lowest BCUT2D eigenvalue weighted by atomic mass is 10.3. The topological polar surface area (TPSA) is 84.5 Å². The van der Waals surface area contributed by atoms with Crippen LogP contribution in [0.1, 0.15) is 13.3 Å². The second-order valence-electron chi connectivity index (χ2n) is 2.56. The smallest absolute Gasteiger partial charge is 0.421 e. The van der Waals surface area contributed by atoms with Gasteiger partial charge in [0.15, 0.2) is 0 Å². The zero-order valence-electron chi connectivity index (χ0n) is 7.91. The summed E-state index contributed by atoms with van der Waals surface area (Å²) in [6.07, 6.45) is -0.383. The molecule has 0 aromatic rings. The van der Waals surface area contributed by atoms with Gasteiger partial charge in [0.05, 0.1) is 7.11 Å². The van der Waals surface area contributed by atoms with Crippen LogP contribution >= 0.6 is 15.9 Å². The van der Waals surface area contributed by atoms with Gasteiger partial charge < -0.3 is 4.74 Å². The summed E-state index contributed by atoms with van der Waals surface area (Å²) >= 11 is 3.26. The van der Waals surface area contributed by atoms with Gasteiger partial charge in [-0.1, -0.05) is 22.9 Å². The van der Waals surface area contributed by atoms with Crippen molar-refractivity contribution in [2.45, 2.75) is 18.2 Å². The van der Waals surface area contributed by atoms with Gasteiger partial charge in [-0.05, 0) is 6.42 Å². The number of carbonyl (C=O) groups is 1. The lowest BCUT2D eigenvalue weighted by Gasteiger charge is -2.07. The quantitative estimate of drug-likeness (QED) is 0.715. The van der Waals surface area contributed by atoms with Crippen molar-refractivity contribution in [3.05, 3.63) is 0 Å². The molecule has 1 amide bonds. The maximum absolute atomic E-state index is 11.0. The van der Waals surface area contributed by atoms with Crippen LogP contribution in [0.25, 0.3) is 0 Å². The van der Waals surface area contributed by atoms with Gasteiger partial charge in [-0.15, -0.1) is 0 Å².